The molecule has 1 N–H and O–H groups in total. The normalized spacial score (nSPS) is 14.0. The van der Waals surface area contributed by atoms with Gasteiger partial charge in [-0.15, -0.1) is 0 Å². The summed E-state index contributed by atoms with van der Waals surface area (Å²) in [5.74, 6) is 0.937. The smallest absolute Gasteiger partial charge is 0.133 e. The maximum absolute atomic E-state index is 4.61. The maximum Gasteiger partial charge on any atom is 0.133 e. The van der Waals surface area contributed by atoms with Gasteiger partial charge in [-0.1, -0.05) is 24.3 Å². The molecule has 0 atom stereocenters. The SMILES string of the molecule is c1ccc(CN2CCc3c(ccnc3Nc3cnc4ccccc4c3)C2)nc1. The van der Waals surface area contributed by atoms with Crippen molar-refractivity contribution >= 4 is 22.4 Å². The van der Waals surface area contributed by atoms with Crippen LogP contribution in [-0.4, -0.2) is 26.4 Å². The topological polar surface area (TPSA) is 53.9 Å². The highest BCUT2D eigenvalue weighted by molar-refractivity contribution is 5.82. The number of nitrogens with zero attached hydrogens (tertiary/aromatic N) is 4. The fraction of sp³-hybridized carbons (Fsp3) is 0.174. The van der Waals surface area contributed by atoms with Crippen LogP contribution in [-0.2, 0) is 19.5 Å². The summed E-state index contributed by atoms with van der Waals surface area (Å²) in [5.41, 5.74) is 5.71. The number of hydrogen-bond acceptors (Lipinski definition) is 5. The molecule has 0 saturated carbocycles. The molecule has 1 aliphatic rings. The van der Waals surface area contributed by atoms with Gasteiger partial charge in [-0.3, -0.25) is 14.9 Å². The summed E-state index contributed by atoms with van der Waals surface area (Å²) < 4.78 is 0. The van der Waals surface area contributed by atoms with Crippen molar-refractivity contribution in [3.8, 4) is 0 Å². The van der Waals surface area contributed by atoms with Crippen LogP contribution in [0.5, 0.6) is 0 Å². The summed E-state index contributed by atoms with van der Waals surface area (Å²) in [5, 5.41) is 4.61. The van der Waals surface area contributed by atoms with Gasteiger partial charge >= 0.3 is 0 Å². The minimum absolute atomic E-state index is 0.875. The first-order chi connectivity index (χ1) is 13.8. The lowest BCUT2D eigenvalue weighted by molar-refractivity contribution is 0.243. The molecule has 0 unspecified atom stereocenters. The van der Waals surface area contributed by atoms with Gasteiger partial charge in [0.2, 0.25) is 0 Å². The molecular weight excluding hydrogens is 346 g/mol. The van der Waals surface area contributed by atoms with Gasteiger partial charge < -0.3 is 5.32 Å². The Balaban J connectivity index is 1.37. The molecule has 4 aromatic rings. The van der Waals surface area contributed by atoms with Crippen molar-refractivity contribution in [3.63, 3.8) is 0 Å². The first-order valence-electron chi connectivity index (χ1n) is 9.56. The van der Waals surface area contributed by atoms with Crippen molar-refractivity contribution in [1.29, 1.82) is 0 Å². The third-order valence-electron chi connectivity index (χ3n) is 5.19. The molecule has 5 rings (SSSR count). The standard InChI is InChI=1S/C23H21N5/c1-2-7-22-17(5-1)13-20(14-26-22)27-23-21-9-12-28(15-18(21)8-11-25-23)16-19-6-3-4-10-24-19/h1-8,10-11,13-14H,9,12,15-16H2,(H,25,27). The number of nitrogens with one attached hydrogen (secondary N) is 1. The summed E-state index contributed by atoms with van der Waals surface area (Å²) in [7, 11) is 0. The third kappa shape index (κ3) is 3.44. The van der Waals surface area contributed by atoms with Gasteiger partial charge in [-0.25, -0.2) is 4.98 Å². The van der Waals surface area contributed by atoms with Crippen LogP contribution in [0.15, 0.2) is 73.2 Å². The molecule has 0 spiro atoms. The van der Waals surface area contributed by atoms with E-state index in [-0.39, 0.29) is 0 Å². The lowest BCUT2D eigenvalue weighted by atomic mass is 10.0. The Labute approximate surface area is 164 Å². The van der Waals surface area contributed by atoms with Crippen molar-refractivity contribution < 1.29 is 0 Å². The lowest BCUT2D eigenvalue weighted by Gasteiger charge is -2.29. The molecule has 3 aromatic heterocycles. The van der Waals surface area contributed by atoms with Gasteiger partial charge in [-0.2, -0.15) is 0 Å². The minimum atomic E-state index is 0.875. The zero-order chi connectivity index (χ0) is 18.8. The summed E-state index contributed by atoms with van der Waals surface area (Å²) in [6, 6.07) is 18.5. The van der Waals surface area contributed by atoms with Crippen LogP contribution in [0, 0.1) is 0 Å². The van der Waals surface area contributed by atoms with Gasteiger partial charge in [0.25, 0.3) is 0 Å². The summed E-state index contributed by atoms with van der Waals surface area (Å²) >= 11 is 0. The van der Waals surface area contributed by atoms with Crippen molar-refractivity contribution in [1.82, 2.24) is 19.9 Å². The molecule has 138 valence electrons. The van der Waals surface area contributed by atoms with E-state index in [0.29, 0.717) is 0 Å². The van der Waals surface area contributed by atoms with E-state index in [1.807, 2.05) is 48.9 Å². The number of benzene rings is 1. The highest BCUT2D eigenvalue weighted by atomic mass is 15.1. The molecule has 0 bridgehead atoms. The fourth-order valence-electron chi connectivity index (χ4n) is 3.79. The average molecular weight is 367 g/mol. The maximum atomic E-state index is 4.61. The van der Waals surface area contributed by atoms with Crippen LogP contribution < -0.4 is 5.32 Å². The van der Waals surface area contributed by atoms with Crippen molar-refractivity contribution in [2.24, 2.45) is 0 Å². The summed E-state index contributed by atoms with van der Waals surface area (Å²) in [6.07, 6.45) is 6.59. The molecule has 0 amide bonds. The Bertz CT molecular complexity index is 1110. The summed E-state index contributed by atoms with van der Waals surface area (Å²) in [4.78, 5) is 16.0. The zero-order valence-corrected chi connectivity index (χ0v) is 15.5. The Hall–Kier alpha value is -3.31. The number of para-hydroxylation sites is 1. The average Bonchev–Trinajstić information content (AvgIpc) is 2.74. The van der Waals surface area contributed by atoms with E-state index in [1.54, 1.807) is 0 Å². The molecule has 1 aromatic carbocycles. The van der Waals surface area contributed by atoms with Crippen molar-refractivity contribution in [3.05, 3.63) is 90.0 Å². The third-order valence-corrected chi connectivity index (χ3v) is 5.19. The van der Waals surface area contributed by atoms with E-state index in [1.165, 1.54) is 11.1 Å². The Morgan fingerprint density at radius 1 is 0.929 bits per heavy atom. The number of pyridine rings is 3. The van der Waals surface area contributed by atoms with Crippen LogP contribution in [0.1, 0.15) is 16.8 Å². The van der Waals surface area contributed by atoms with Crippen LogP contribution in [0.3, 0.4) is 0 Å². The van der Waals surface area contributed by atoms with Gasteiger partial charge in [-0.05, 0) is 42.3 Å². The molecular formula is C23H21N5. The highest BCUT2D eigenvalue weighted by Gasteiger charge is 2.20. The van der Waals surface area contributed by atoms with Crippen LogP contribution in [0.2, 0.25) is 0 Å². The van der Waals surface area contributed by atoms with Crippen LogP contribution in [0.25, 0.3) is 10.9 Å². The Morgan fingerprint density at radius 3 is 2.79 bits per heavy atom. The fourth-order valence-corrected chi connectivity index (χ4v) is 3.79. The second-order valence-electron chi connectivity index (χ2n) is 7.12. The largest absolute Gasteiger partial charge is 0.339 e. The highest BCUT2D eigenvalue weighted by Crippen LogP contribution is 2.28. The molecule has 5 nitrogen and oxygen atoms in total. The molecule has 5 heteroatoms. The number of hydrogen-bond donors (Lipinski definition) is 1. The van der Waals surface area contributed by atoms with Gasteiger partial charge in [0.1, 0.15) is 5.82 Å². The monoisotopic (exact) mass is 367 g/mol. The van der Waals surface area contributed by atoms with E-state index >= 15 is 0 Å². The molecule has 0 saturated heterocycles. The van der Waals surface area contributed by atoms with E-state index in [9.17, 15) is 0 Å². The Kier molecular flexibility index (Phi) is 4.43. The summed E-state index contributed by atoms with van der Waals surface area (Å²) in [6.45, 7) is 2.79. The van der Waals surface area contributed by atoms with E-state index in [4.69, 9.17) is 0 Å². The molecule has 0 fully saturated rings. The van der Waals surface area contributed by atoms with Crippen LogP contribution >= 0.6 is 0 Å². The van der Waals surface area contributed by atoms with Crippen molar-refractivity contribution in [2.75, 3.05) is 11.9 Å². The first-order valence-corrected chi connectivity index (χ1v) is 9.56. The second-order valence-corrected chi connectivity index (χ2v) is 7.12. The predicted octanol–water partition coefficient (Wildman–Crippen LogP) is 4.33. The van der Waals surface area contributed by atoms with E-state index in [0.717, 1.165) is 54.2 Å². The van der Waals surface area contributed by atoms with E-state index in [2.05, 4.69) is 49.4 Å². The predicted molar refractivity (Wildman–Crippen MR) is 111 cm³/mol. The molecule has 0 aliphatic carbocycles. The molecule has 0 radical (unpaired) electrons. The lowest BCUT2D eigenvalue weighted by Crippen LogP contribution is -2.31. The van der Waals surface area contributed by atoms with Gasteiger partial charge in [0, 0.05) is 43.0 Å². The zero-order valence-electron chi connectivity index (χ0n) is 15.5. The number of anilines is 2. The second kappa shape index (κ2) is 7.37. The molecule has 4 heterocycles. The number of aromatic nitrogens is 3. The van der Waals surface area contributed by atoms with Crippen LogP contribution in [0.4, 0.5) is 11.5 Å². The molecule has 1 aliphatic heterocycles. The van der Waals surface area contributed by atoms with Crippen molar-refractivity contribution in [2.45, 2.75) is 19.5 Å². The number of fused-ring (bicyclic) bond motifs is 2. The van der Waals surface area contributed by atoms with E-state index < -0.39 is 0 Å². The number of rotatable bonds is 4. The quantitative estimate of drug-likeness (QED) is 0.582. The minimum Gasteiger partial charge on any atom is -0.339 e. The van der Waals surface area contributed by atoms with Gasteiger partial charge in [0.05, 0.1) is 23.1 Å². The first kappa shape index (κ1) is 16.8. The van der Waals surface area contributed by atoms with Gasteiger partial charge in [0.15, 0.2) is 0 Å². The Morgan fingerprint density at radius 2 is 1.86 bits per heavy atom. The molecule has 28 heavy (non-hydrogen) atoms.